The average molecular weight is 161 g/mol. The van der Waals surface area contributed by atoms with Gasteiger partial charge in [0.05, 0.1) is 8.80 Å². The summed E-state index contributed by atoms with van der Waals surface area (Å²) < 4.78 is 0. The molecular weight excluding hydrogens is 148 g/mol. The molecule has 0 N–H and O–H groups in total. The highest BCUT2D eigenvalue weighted by atomic mass is 28.3. The lowest BCUT2D eigenvalue weighted by Gasteiger charge is -1.92. The molecule has 57 valence electrons. The summed E-state index contributed by atoms with van der Waals surface area (Å²) in [5, 5.41) is 0. The lowest BCUT2D eigenvalue weighted by atomic mass is 10.2. The Kier molecular flexibility index (Phi) is 3.11. The Balaban J connectivity index is 2.65. The van der Waals surface area contributed by atoms with Gasteiger partial charge in [0.2, 0.25) is 0 Å². The zero-order chi connectivity index (χ0) is 8.10. The second kappa shape index (κ2) is 4.14. The monoisotopic (exact) mass is 161 g/mol. The Morgan fingerprint density at radius 3 is 2.27 bits per heavy atom. The van der Waals surface area contributed by atoms with Crippen LogP contribution in [-0.4, -0.2) is 8.80 Å². The van der Waals surface area contributed by atoms with E-state index in [1.807, 2.05) is 6.07 Å². The minimum absolute atomic E-state index is 0.213. The second-order valence-electron chi connectivity index (χ2n) is 2.82. The molecule has 0 spiro atoms. The fraction of sp³-hybridized carbons (Fsp3) is 0.200. The third kappa shape index (κ3) is 3.19. The van der Waals surface area contributed by atoms with Crippen molar-refractivity contribution in [2.75, 3.05) is 0 Å². The van der Waals surface area contributed by atoms with E-state index >= 15 is 0 Å². The van der Waals surface area contributed by atoms with Crippen molar-refractivity contribution < 1.29 is 0 Å². The molecule has 0 unspecified atom stereocenters. The third-order valence-electron chi connectivity index (χ3n) is 1.41. The van der Waals surface area contributed by atoms with Gasteiger partial charge >= 0.3 is 0 Å². The van der Waals surface area contributed by atoms with E-state index in [0.717, 1.165) is 0 Å². The highest BCUT2D eigenvalue weighted by Gasteiger charge is 1.86. The maximum Gasteiger partial charge on any atom is 0.0693 e. The van der Waals surface area contributed by atoms with Crippen molar-refractivity contribution in [3.8, 4) is 0 Å². The van der Waals surface area contributed by atoms with Gasteiger partial charge in [-0.15, -0.1) is 0 Å². The van der Waals surface area contributed by atoms with Crippen molar-refractivity contribution in [1.29, 1.82) is 0 Å². The molecule has 0 aliphatic carbocycles. The normalized spacial score (nSPS) is 11.2. The van der Waals surface area contributed by atoms with E-state index in [1.165, 1.54) is 5.56 Å². The molecule has 0 saturated heterocycles. The predicted octanol–water partition coefficient (Wildman–Crippen LogP) is 2.99. The lowest BCUT2D eigenvalue weighted by molar-refractivity contribution is 1.66. The molecule has 0 aliphatic rings. The van der Waals surface area contributed by atoms with Gasteiger partial charge in [-0.1, -0.05) is 55.2 Å². The molecule has 11 heavy (non-hydrogen) atoms. The molecule has 1 aromatic carbocycles. The first kappa shape index (κ1) is 8.28. The molecular formula is C10H13Si. The molecule has 1 radical (unpaired) electrons. The quantitative estimate of drug-likeness (QED) is 0.585. The Hall–Kier alpha value is -0.823. The molecule has 0 heterocycles. The van der Waals surface area contributed by atoms with Gasteiger partial charge in [0.1, 0.15) is 0 Å². The highest BCUT2D eigenvalue weighted by molar-refractivity contribution is 6.62. The molecule has 0 aromatic heterocycles. The van der Waals surface area contributed by atoms with Crippen LogP contribution >= 0.6 is 0 Å². The van der Waals surface area contributed by atoms with E-state index in [4.69, 9.17) is 0 Å². The topological polar surface area (TPSA) is 0 Å². The van der Waals surface area contributed by atoms with Gasteiger partial charge in [0.25, 0.3) is 0 Å². The standard InChI is InChI=1S/C10H13Si/c1-11(2)9-8-10-6-4-3-5-7-10/h3-9H,1-2H3. The van der Waals surface area contributed by atoms with Crippen LogP contribution in [0.3, 0.4) is 0 Å². The van der Waals surface area contributed by atoms with Crippen molar-refractivity contribution in [1.82, 2.24) is 0 Å². The summed E-state index contributed by atoms with van der Waals surface area (Å²) in [6.45, 7) is 4.56. The summed E-state index contributed by atoms with van der Waals surface area (Å²) >= 11 is 0. The summed E-state index contributed by atoms with van der Waals surface area (Å²) in [5.74, 6) is 0. The maximum atomic E-state index is 2.31. The highest BCUT2D eigenvalue weighted by Crippen LogP contribution is 2.01. The SMILES string of the molecule is C[Si](C)C=Cc1ccccc1. The van der Waals surface area contributed by atoms with Gasteiger partial charge in [-0.25, -0.2) is 0 Å². The average Bonchev–Trinajstić information content (AvgIpc) is 2.03. The van der Waals surface area contributed by atoms with E-state index in [9.17, 15) is 0 Å². The molecule has 1 heteroatoms. The number of rotatable bonds is 2. The van der Waals surface area contributed by atoms with Crippen molar-refractivity contribution in [3.05, 3.63) is 41.6 Å². The Bertz CT molecular complexity index is 224. The Morgan fingerprint density at radius 2 is 1.73 bits per heavy atom. The van der Waals surface area contributed by atoms with E-state index < -0.39 is 0 Å². The van der Waals surface area contributed by atoms with Crippen molar-refractivity contribution in [3.63, 3.8) is 0 Å². The Labute approximate surface area is 70.2 Å². The van der Waals surface area contributed by atoms with Crippen LogP contribution in [0.2, 0.25) is 13.1 Å². The maximum absolute atomic E-state index is 2.31. The first-order chi connectivity index (χ1) is 5.29. The van der Waals surface area contributed by atoms with E-state index in [0.29, 0.717) is 0 Å². The number of hydrogen-bond acceptors (Lipinski definition) is 0. The van der Waals surface area contributed by atoms with Crippen LogP contribution in [0.15, 0.2) is 36.0 Å². The van der Waals surface area contributed by atoms with Gasteiger partial charge in [-0.3, -0.25) is 0 Å². The summed E-state index contributed by atoms with van der Waals surface area (Å²) in [4.78, 5) is 0. The van der Waals surface area contributed by atoms with Crippen LogP contribution in [0.25, 0.3) is 6.08 Å². The minimum atomic E-state index is -0.213. The molecule has 0 amide bonds. The van der Waals surface area contributed by atoms with Crippen LogP contribution in [0.5, 0.6) is 0 Å². The molecule has 0 atom stereocenters. The van der Waals surface area contributed by atoms with E-state index in [2.05, 4.69) is 49.1 Å². The first-order valence-corrected chi connectivity index (χ1v) is 6.40. The number of benzene rings is 1. The molecule has 0 aliphatic heterocycles. The van der Waals surface area contributed by atoms with Crippen LogP contribution in [-0.2, 0) is 0 Å². The van der Waals surface area contributed by atoms with Crippen LogP contribution < -0.4 is 0 Å². The summed E-state index contributed by atoms with van der Waals surface area (Å²) in [5.41, 5.74) is 3.61. The summed E-state index contributed by atoms with van der Waals surface area (Å²) in [7, 11) is -0.213. The van der Waals surface area contributed by atoms with Gasteiger partial charge in [0.15, 0.2) is 0 Å². The fourth-order valence-electron chi connectivity index (χ4n) is 0.827. The zero-order valence-corrected chi connectivity index (χ0v) is 8.04. The van der Waals surface area contributed by atoms with Crippen LogP contribution in [0.1, 0.15) is 5.56 Å². The zero-order valence-electron chi connectivity index (χ0n) is 7.04. The molecule has 0 nitrogen and oxygen atoms in total. The third-order valence-corrected chi connectivity index (χ3v) is 2.24. The van der Waals surface area contributed by atoms with E-state index in [-0.39, 0.29) is 8.80 Å². The summed E-state index contributed by atoms with van der Waals surface area (Å²) in [6, 6.07) is 10.4. The smallest absolute Gasteiger partial charge is 0.0693 e. The van der Waals surface area contributed by atoms with Gasteiger partial charge in [-0.05, 0) is 5.56 Å². The lowest BCUT2D eigenvalue weighted by Crippen LogP contribution is -1.91. The molecule has 1 aromatic rings. The molecule has 1 rings (SSSR count). The Morgan fingerprint density at radius 1 is 1.09 bits per heavy atom. The first-order valence-electron chi connectivity index (χ1n) is 3.82. The summed E-state index contributed by atoms with van der Waals surface area (Å²) in [6.07, 6.45) is 2.20. The largest absolute Gasteiger partial charge is 0.0961 e. The number of hydrogen-bond donors (Lipinski definition) is 0. The van der Waals surface area contributed by atoms with Gasteiger partial charge < -0.3 is 0 Å². The fourth-order valence-corrected chi connectivity index (χ4v) is 1.35. The van der Waals surface area contributed by atoms with Crippen LogP contribution in [0.4, 0.5) is 0 Å². The molecule has 0 fully saturated rings. The van der Waals surface area contributed by atoms with Crippen molar-refractivity contribution in [2.24, 2.45) is 0 Å². The van der Waals surface area contributed by atoms with E-state index in [1.54, 1.807) is 0 Å². The van der Waals surface area contributed by atoms with Crippen molar-refractivity contribution in [2.45, 2.75) is 13.1 Å². The van der Waals surface area contributed by atoms with Gasteiger partial charge in [0, 0.05) is 0 Å². The van der Waals surface area contributed by atoms with Crippen LogP contribution in [0, 0.1) is 0 Å². The second-order valence-corrected chi connectivity index (χ2v) is 5.31. The van der Waals surface area contributed by atoms with Crippen molar-refractivity contribution >= 4 is 14.9 Å². The molecule has 0 saturated carbocycles. The minimum Gasteiger partial charge on any atom is -0.0961 e. The molecule has 0 bridgehead atoms. The van der Waals surface area contributed by atoms with Gasteiger partial charge in [-0.2, -0.15) is 0 Å². The predicted molar refractivity (Wildman–Crippen MR) is 53.0 cm³/mol.